The molecule has 0 saturated carbocycles. The fourth-order valence-corrected chi connectivity index (χ4v) is 1.46. The third-order valence-electron chi connectivity index (χ3n) is 2.87. The number of amides is 1. The molecule has 1 rings (SSSR count). The summed E-state index contributed by atoms with van der Waals surface area (Å²) in [6.07, 6.45) is 0.565. The second-order valence-electron chi connectivity index (χ2n) is 3.97. The van der Waals surface area contributed by atoms with Crippen molar-refractivity contribution in [2.45, 2.75) is 25.9 Å². The van der Waals surface area contributed by atoms with Gasteiger partial charge in [0.05, 0.1) is 11.4 Å². The van der Waals surface area contributed by atoms with Crippen LogP contribution in [-0.2, 0) is 9.53 Å². The van der Waals surface area contributed by atoms with Crippen LogP contribution in [0.3, 0.4) is 0 Å². The second-order valence-corrected chi connectivity index (χ2v) is 4.41. The maximum atomic E-state index is 12.0. The van der Waals surface area contributed by atoms with Gasteiger partial charge in [0.2, 0.25) is 0 Å². The predicted molar refractivity (Wildman–Crippen MR) is 70.2 cm³/mol. The van der Waals surface area contributed by atoms with Crippen LogP contribution in [0.15, 0.2) is 18.2 Å². The van der Waals surface area contributed by atoms with Gasteiger partial charge >= 0.3 is 0 Å². The van der Waals surface area contributed by atoms with Gasteiger partial charge in [0.15, 0.2) is 0 Å². The number of carbonyl (C=O) groups excluding carboxylic acids is 1. The number of rotatable bonds is 4. The van der Waals surface area contributed by atoms with E-state index < -0.39 is 5.60 Å². The molecule has 0 radical (unpaired) electrons. The SMILES string of the molecule is CCC(C)(OC)C(=O)Nc1cc(Cl)ccc1N. The van der Waals surface area contributed by atoms with Crippen molar-refractivity contribution in [3.63, 3.8) is 0 Å². The molecule has 1 unspecified atom stereocenters. The van der Waals surface area contributed by atoms with Crippen LogP contribution >= 0.6 is 11.6 Å². The lowest BCUT2D eigenvalue weighted by molar-refractivity contribution is -0.136. The Hall–Kier alpha value is -1.26. The minimum absolute atomic E-state index is 0.239. The van der Waals surface area contributed by atoms with Crippen molar-refractivity contribution in [3.8, 4) is 0 Å². The summed E-state index contributed by atoms with van der Waals surface area (Å²) in [4.78, 5) is 12.0. The number of nitrogens with two attached hydrogens (primary N) is 1. The van der Waals surface area contributed by atoms with Crippen molar-refractivity contribution in [2.75, 3.05) is 18.2 Å². The molecule has 0 aromatic heterocycles. The highest BCUT2D eigenvalue weighted by atomic mass is 35.5. The molecule has 4 nitrogen and oxygen atoms in total. The fourth-order valence-electron chi connectivity index (χ4n) is 1.29. The molecule has 0 aliphatic heterocycles. The van der Waals surface area contributed by atoms with E-state index in [0.29, 0.717) is 22.8 Å². The second kappa shape index (κ2) is 5.38. The molecular weight excluding hydrogens is 240 g/mol. The molecule has 0 bridgehead atoms. The number of nitrogens with one attached hydrogen (secondary N) is 1. The van der Waals surface area contributed by atoms with Gasteiger partial charge in [-0.2, -0.15) is 0 Å². The first kappa shape index (κ1) is 13.8. The average Bonchev–Trinajstić information content (AvgIpc) is 2.32. The van der Waals surface area contributed by atoms with Gasteiger partial charge in [0, 0.05) is 12.1 Å². The van der Waals surface area contributed by atoms with Crippen molar-refractivity contribution in [3.05, 3.63) is 23.2 Å². The zero-order valence-corrected chi connectivity index (χ0v) is 11.0. The van der Waals surface area contributed by atoms with E-state index in [9.17, 15) is 4.79 Å². The van der Waals surface area contributed by atoms with Gasteiger partial charge in [-0.25, -0.2) is 0 Å². The minimum atomic E-state index is -0.866. The normalized spacial score (nSPS) is 14.1. The summed E-state index contributed by atoms with van der Waals surface area (Å²) in [5.41, 5.74) is 5.85. The van der Waals surface area contributed by atoms with Gasteiger partial charge in [-0.05, 0) is 31.5 Å². The Balaban J connectivity index is 2.91. The summed E-state index contributed by atoms with van der Waals surface area (Å²) in [6, 6.07) is 4.93. The van der Waals surface area contributed by atoms with Gasteiger partial charge in [0.25, 0.3) is 5.91 Å². The molecule has 17 heavy (non-hydrogen) atoms. The summed E-state index contributed by atoms with van der Waals surface area (Å²) in [5, 5.41) is 3.24. The molecule has 1 aromatic carbocycles. The summed E-state index contributed by atoms with van der Waals surface area (Å²) in [5.74, 6) is -0.239. The Morgan fingerprint density at radius 1 is 1.59 bits per heavy atom. The van der Waals surface area contributed by atoms with Crippen molar-refractivity contribution in [1.29, 1.82) is 0 Å². The van der Waals surface area contributed by atoms with Crippen molar-refractivity contribution in [1.82, 2.24) is 0 Å². The Morgan fingerprint density at radius 2 is 2.24 bits per heavy atom. The van der Waals surface area contributed by atoms with E-state index in [2.05, 4.69) is 5.32 Å². The van der Waals surface area contributed by atoms with Gasteiger partial charge < -0.3 is 15.8 Å². The Kier molecular flexibility index (Phi) is 4.37. The number of anilines is 2. The highest BCUT2D eigenvalue weighted by Gasteiger charge is 2.31. The smallest absolute Gasteiger partial charge is 0.256 e. The van der Waals surface area contributed by atoms with Crippen molar-refractivity contribution in [2.24, 2.45) is 0 Å². The van der Waals surface area contributed by atoms with E-state index in [-0.39, 0.29) is 5.91 Å². The average molecular weight is 257 g/mol. The van der Waals surface area contributed by atoms with E-state index in [4.69, 9.17) is 22.1 Å². The molecule has 3 N–H and O–H groups in total. The van der Waals surface area contributed by atoms with Gasteiger partial charge in [0.1, 0.15) is 5.60 Å². The number of carbonyl (C=O) groups is 1. The lowest BCUT2D eigenvalue weighted by atomic mass is 10.0. The summed E-state index contributed by atoms with van der Waals surface area (Å²) in [7, 11) is 1.50. The first-order chi connectivity index (χ1) is 7.92. The van der Waals surface area contributed by atoms with Crippen LogP contribution in [0.2, 0.25) is 5.02 Å². The number of hydrogen-bond donors (Lipinski definition) is 2. The zero-order chi connectivity index (χ0) is 13.1. The quantitative estimate of drug-likeness (QED) is 0.814. The zero-order valence-electron chi connectivity index (χ0n) is 10.2. The molecule has 0 spiro atoms. The third-order valence-corrected chi connectivity index (χ3v) is 3.10. The summed E-state index contributed by atoms with van der Waals surface area (Å²) >= 11 is 5.84. The van der Waals surface area contributed by atoms with E-state index in [1.807, 2.05) is 6.92 Å². The van der Waals surface area contributed by atoms with Crippen LogP contribution in [0.25, 0.3) is 0 Å². The number of ether oxygens (including phenoxy) is 1. The highest BCUT2D eigenvalue weighted by Crippen LogP contribution is 2.25. The molecule has 0 saturated heterocycles. The summed E-state index contributed by atoms with van der Waals surface area (Å²) < 4.78 is 5.21. The van der Waals surface area contributed by atoms with E-state index in [1.165, 1.54) is 7.11 Å². The Labute approximate surface area is 106 Å². The molecule has 0 fully saturated rings. The fraction of sp³-hybridized carbons (Fsp3) is 0.417. The van der Waals surface area contributed by atoms with E-state index in [0.717, 1.165) is 0 Å². The number of halogens is 1. The summed E-state index contributed by atoms with van der Waals surface area (Å²) in [6.45, 7) is 3.60. The van der Waals surface area contributed by atoms with Crippen LogP contribution in [0.4, 0.5) is 11.4 Å². The standard InChI is InChI=1S/C12H17ClN2O2/c1-4-12(2,17-3)11(16)15-10-7-8(13)5-6-9(10)14/h5-7H,4,14H2,1-3H3,(H,15,16). The third kappa shape index (κ3) is 3.11. The lowest BCUT2D eigenvalue weighted by Crippen LogP contribution is -2.41. The first-order valence-electron chi connectivity index (χ1n) is 5.34. The molecule has 0 aliphatic rings. The Bertz CT molecular complexity index is 417. The van der Waals surface area contributed by atoms with E-state index in [1.54, 1.807) is 25.1 Å². The molecule has 1 atom stereocenters. The topological polar surface area (TPSA) is 64.3 Å². The lowest BCUT2D eigenvalue weighted by Gasteiger charge is -2.25. The van der Waals surface area contributed by atoms with Crippen LogP contribution in [0, 0.1) is 0 Å². The molecule has 5 heteroatoms. The van der Waals surface area contributed by atoms with Crippen molar-refractivity contribution >= 4 is 28.9 Å². The first-order valence-corrected chi connectivity index (χ1v) is 5.72. The number of methoxy groups -OCH3 is 1. The minimum Gasteiger partial charge on any atom is -0.397 e. The predicted octanol–water partition coefficient (Wildman–Crippen LogP) is 2.68. The highest BCUT2D eigenvalue weighted by molar-refractivity contribution is 6.31. The van der Waals surface area contributed by atoms with Crippen LogP contribution in [0.1, 0.15) is 20.3 Å². The molecule has 0 aliphatic carbocycles. The number of nitrogen functional groups attached to an aromatic ring is 1. The van der Waals surface area contributed by atoms with E-state index >= 15 is 0 Å². The van der Waals surface area contributed by atoms with Gasteiger partial charge in [-0.15, -0.1) is 0 Å². The molecule has 94 valence electrons. The van der Waals surface area contributed by atoms with Crippen LogP contribution in [-0.4, -0.2) is 18.6 Å². The number of hydrogen-bond acceptors (Lipinski definition) is 3. The number of benzene rings is 1. The Morgan fingerprint density at radius 3 is 2.76 bits per heavy atom. The largest absolute Gasteiger partial charge is 0.397 e. The maximum Gasteiger partial charge on any atom is 0.256 e. The van der Waals surface area contributed by atoms with Crippen LogP contribution < -0.4 is 11.1 Å². The van der Waals surface area contributed by atoms with Gasteiger partial charge in [-0.3, -0.25) is 4.79 Å². The molecular formula is C12H17ClN2O2. The monoisotopic (exact) mass is 256 g/mol. The molecule has 0 heterocycles. The molecule has 1 amide bonds. The maximum absolute atomic E-state index is 12.0. The van der Waals surface area contributed by atoms with Gasteiger partial charge in [-0.1, -0.05) is 18.5 Å². The molecule has 1 aromatic rings. The van der Waals surface area contributed by atoms with Crippen LogP contribution in [0.5, 0.6) is 0 Å². The van der Waals surface area contributed by atoms with Crippen molar-refractivity contribution < 1.29 is 9.53 Å².